The van der Waals surface area contributed by atoms with Gasteiger partial charge in [-0.1, -0.05) is 20.8 Å². The predicted molar refractivity (Wildman–Crippen MR) is 75.6 cm³/mol. The van der Waals surface area contributed by atoms with E-state index in [2.05, 4.69) is 29.1 Å². The molecule has 0 spiro atoms. The van der Waals surface area contributed by atoms with Gasteiger partial charge in [-0.15, -0.1) is 0 Å². The minimum atomic E-state index is -0.314. The number of aromatic nitrogens is 3. The molecule has 2 rings (SSSR count). The van der Waals surface area contributed by atoms with E-state index in [1.54, 1.807) is 13.1 Å². The highest BCUT2D eigenvalue weighted by Gasteiger charge is 2.18. The van der Waals surface area contributed by atoms with Crippen molar-refractivity contribution in [2.75, 3.05) is 5.32 Å². The number of hydrogen-bond acceptors (Lipinski definition) is 4. The summed E-state index contributed by atoms with van der Waals surface area (Å²) in [4.78, 5) is 20.6. The van der Waals surface area contributed by atoms with Crippen LogP contribution < -0.4 is 5.32 Å². The van der Waals surface area contributed by atoms with Gasteiger partial charge in [-0.05, 0) is 12.8 Å². The Bertz CT molecular complexity index is 598. The summed E-state index contributed by atoms with van der Waals surface area (Å²) in [6.45, 7) is 8.71. The molecule has 0 saturated heterocycles. The SMILES string of the molecule is CCc1nc(C)c(C(=O)Nc2nccn2CC(C)C)o1. The Morgan fingerprint density at radius 1 is 1.50 bits per heavy atom. The minimum absolute atomic E-state index is 0.251. The number of aryl methyl sites for hydroxylation is 2. The van der Waals surface area contributed by atoms with Gasteiger partial charge in [0, 0.05) is 25.4 Å². The zero-order valence-electron chi connectivity index (χ0n) is 12.3. The molecule has 6 heteroatoms. The third-order valence-corrected chi connectivity index (χ3v) is 2.85. The zero-order valence-corrected chi connectivity index (χ0v) is 12.3. The number of amides is 1. The Hall–Kier alpha value is -2.11. The van der Waals surface area contributed by atoms with Gasteiger partial charge in [0.15, 0.2) is 5.89 Å². The topological polar surface area (TPSA) is 73.0 Å². The first-order valence-electron chi connectivity index (χ1n) is 6.80. The van der Waals surface area contributed by atoms with Crippen LogP contribution in [0.25, 0.3) is 0 Å². The van der Waals surface area contributed by atoms with Gasteiger partial charge in [-0.25, -0.2) is 9.97 Å². The molecule has 0 bridgehead atoms. The van der Waals surface area contributed by atoms with Crippen molar-refractivity contribution in [1.82, 2.24) is 14.5 Å². The maximum Gasteiger partial charge on any atom is 0.295 e. The van der Waals surface area contributed by atoms with Crippen LogP contribution in [-0.4, -0.2) is 20.4 Å². The molecule has 0 aliphatic carbocycles. The van der Waals surface area contributed by atoms with Crippen LogP contribution >= 0.6 is 0 Å². The van der Waals surface area contributed by atoms with Gasteiger partial charge in [0.25, 0.3) is 5.91 Å². The molecule has 1 N–H and O–H groups in total. The summed E-state index contributed by atoms with van der Waals surface area (Å²) in [7, 11) is 0. The second kappa shape index (κ2) is 5.90. The summed E-state index contributed by atoms with van der Waals surface area (Å²) < 4.78 is 7.35. The number of carbonyl (C=O) groups is 1. The van der Waals surface area contributed by atoms with E-state index in [1.807, 2.05) is 17.7 Å². The lowest BCUT2D eigenvalue weighted by Crippen LogP contribution is -2.17. The molecule has 0 aromatic carbocycles. The lowest BCUT2D eigenvalue weighted by molar-refractivity contribution is 0.0993. The quantitative estimate of drug-likeness (QED) is 0.911. The van der Waals surface area contributed by atoms with Gasteiger partial charge >= 0.3 is 0 Å². The van der Waals surface area contributed by atoms with Crippen molar-refractivity contribution in [1.29, 1.82) is 0 Å². The number of nitrogens with one attached hydrogen (secondary N) is 1. The van der Waals surface area contributed by atoms with E-state index >= 15 is 0 Å². The Kier molecular flexibility index (Phi) is 4.22. The van der Waals surface area contributed by atoms with Gasteiger partial charge in [-0.2, -0.15) is 0 Å². The van der Waals surface area contributed by atoms with Crippen molar-refractivity contribution in [3.05, 3.63) is 29.7 Å². The van der Waals surface area contributed by atoms with Crippen molar-refractivity contribution in [3.8, 4) is 0 Å². The molecule has 0 radical (unpaired) electrons. The first kappa shape index (κ1) is 14.3. The maximum atomic E-state index is 12.2. The average Bonchev–Trinajstić information content (AvgIpc) is 2.96. The lowest BCUT2D eigenvalue weighted by atomic mass is 10.2. The van der Waals surface area contributed by atoms with Crippen LogP contribution in [0.3, 0.4) is 0 Å². The Morgan fingerprint density at radius 2 is 2.25 bits per heavy atom. The summed E-state index contributed by atoms with van der Waals surface area (Å²) in [5.41, 5.74) is 0.598. The molecule has 2 heterocycles. The largest absolute Gasteiger partial charge is 0.435 e. The number of imidazole rings is 1. The van der Waals surface area contributed by atoms with Crippen LogP contribution in [0.5, 0.6) is 0 Å². The third-order valence-electron chi connectivity index (χ3n) is 2.85. The first-order valence-corrected chi connectivity index (χ1v) is 6.80. The van der Waals surface area contributed by atoms with E-state index in [9.17, 15) is 4.79 Å². The summed E-state index contributed by atoms with van der Waals surface area (Å²) in [6.07, 6.45) is 4.18. The van der Waals surface area contributed by atoms with Gasteiger partial charge in [0.05, 0.1) is 5.69 Å². The molecule has 0 atom stereocenters. The molecule has 0 saturated carbocycles. The maximum absolute atomic E-state index is 12.2. The van der Waals surface area contributed by atoms with E-state index in [0.717, 1.165) is 6.54 Å². The molecule has 0 unspecified atom stereocenters. The molecule has 0 fully saturated rings. The van der Waals surface area contributed by atoms with E-state index in [-0.39, 0.29) is 11.7 Å². The summed E-state index contributed by atoms with van der Waals surface area (Å²) >= 11 is 0. The number of nitrogens with zero attached hydrogens (tertiary/aromatic N) is 3. The van der Waals surface area contributed by atoms with Gasteiger partial charge < -0.3 is 8.98 Å². The van der Waals surface area contributed by atoms with Gasteiger partial charge in [-0.3, -0.25) is 10.1 Å². The molecule has 2 aromatic rings. The van der Waals surface area contributed by atoms with Crippen LogP contribution in [0.2, 0.25) is 0 Å². The number of anilines is 1. The lowest BCUT2D eigenvalue weighted by Gasteiger charge is -2.10. The normalized spacial score (nSPS) is 11.1. The average molecular weight is 276 g/mol. The molecular weight excluding hydrogens is 256 g/mol. The second-order valence-electron chi connectivity index (χ2n) is 5.13. The number of oxazole rings is 1. The smallest absolute Gasteiger partial charge is 0.295 e. The molecule has 20 heavy (non-hydrogen) atoms. The fraction of sp³-hybridized carbons (Fsp3) is 0.500. The molecule has 0 aliphatic rings. The molecular formula is C14H20N4O2. The Labute approximate surface area is 118 Å². The standard InChI is InChI=1S/C14H20N4O2/c1-5-11-16-10(4)12(20-11)13(19)17-14-15-6-7-18(14)8-9(2)3/h6-7,9H,5,8H2,1-4H3,(H,15,17,19). The highest BCUT2D eigenvalue weighted by molar-refractivity contribution is 6.01. The van der Waals surface area contributed by atoms with Crippen molar-refractivity contribution in [2.45, 2.75) is 40.7 Å². The van der Waals surface area contributed by atoms with Crippen molar-refractivity contribution >= 4 is 11.9 Å². The Morgan fingerprint density at radius 3 is 2.85 bits per heavy atom. The third kappa shape index (κ3) is 3.07. The summed E-state index contributed by atoms with van der Waals surface area (Å²) in [5, 5.41) is 2.77. The van der Waals surface area contributed by atoms with E-state index in [0.29, 0.717) is 29.9 Å². The first-order chi connectivity index (χ1) is 9.51. The molecule has 2 aromatic heterocycles. The van der Waals surface area contributed by atoms with Crippen molar-refractivity contribution < 1.29 is 9.21 Å². The van der Waals surface area contributed by atoms with Gasteiger partial charge in [0.1, 0.15) is 0 Å². The predicted octanol–water partition coefficient (Wildman–Crippen LogP) is 2.65. The molecule has 108 valence electrons. The van der Waals surface area contributed by atoms with Crippen molar-refractivity contribution in [2.24, 2.45) is 5.92 Å². The second-order valence-corrected chi connectivity index (χ2v) is 5.13. The summed E-state index contributed by atoms with van der Waals surface area (Å²) in [5.74, 6) is 1.50. The van der Waals surface area contributed by atoms with E-state index in [1.165, 1.54) is 0 Å². The highest BCUT2D eigenvalue weighted by atomic mass is 16.4. The van der Waals surface area contributed by atoms with Crippen LogP contribution in [0.1, 0.15) is 42.9 Å². The number of carbonyl (C=O) groups excluding carboxylic acids is 1. The fourth-order valence-corrected chi connectivity index (χ4v) is 1.95. The number of rotatable bonds is 5. The van der Waals surface area contributed by atoms with E-state index in [4.69, 9.17) is 4.42 Å². The van der Waals surface area contributed by atoms with Crippen LogP contribution in [0.4, 0.5) is 5.95 Å². The minimum Gasteiger partial charge on any atom is -0.435 e. The number of hydrogen-bond donors (Lipinski definition) is 1. The van der Waals surface area contributed by atoms with Crippen LogP contribution in [-0.2, 0) is 13.0 Å². The zero-order chi connectivity index (χ0) is 14.7. The molecule has 0 aliphatic heterocycles. The fourth-order valence-electron chi connectivity index (χ4n) is 1.95. The van der Waals surface area contributed by atoms with Crippen LogP contribution in [0.15, 0.2) is 16.8 Å². The summed E-state index contributed by atoms with van der Waals surface area (Å²) in [6, 6.07) is 0. The monoisotopic (exact) mass is 276 g/mol. The van der Waals surface area contributed by atoms with Crippen molar-refractivity contribution in [3.63, 3.8) is 0 Å². The van der Waals surface area contributed by atoms with E-state index < -0.39 is 0 Å². The highest BCUT2D eigenvalue weighted by Crippen LogP contribution is 2.14. The molecule has 6 nitrogen and oxygen atoms in total. The Balaban J connectivity index is 2.15. The van der Waals surface area contributed by atoms with Crippen LogP contribution in [0, 0.1) is 12.8 Å². The van der Waals surface area contributed by atoms with Gasteiger partial charge in [0.2, 0.25) is 11.7 Å². The molecule has 1 amide bonds.